The lowest BCUT2D eigenvalue weighted by Crippen LogP contribution is -2.45. The summed E-state index contributed by atoms with van der Waals surface area (Å²) in [6.45, 7) is 11.4. The molecule has 4 rings (SSSR count). The zero-order valence-electron chi connectivity index (χ0n) is 20.7. The Morgan fingerprint density at radius 1 is 0.875 bits per heavy atom. The summed E-state index contributed by atoms with van der Waals surface area (Å²) in [7, 11) is 6.42. The number of imidazole rings is 1. The Morgan fingerprint density at radius 3 is 2.06 bits per heavy atom. The Bertz CT molecular complexity index is 1130. The molecular formula is C27H37N5+2. The highest BCUT2D eigenvalue weighted by atomic mass is 15.4. The fraction of sp³-hybridized carbons (Fsp3) is 0.407. The molecular weight excluding hydrogens is 394 g/mol. The van der Waals surface area contributed by atoms with Crippen molar-refractivity contribution in [2.24, 2.45) is 14.1 Å². The summed E-state index contributed by atoms with van der Waals surface area (Å²) in [5, 5.41) is 0. The van der Waals surface area contributed by atoms with Crippen LogP contribution in [0.3, 0.4) is 0 Å². The molecule has 0 aliphatic carbocycles. The van der Waals surface area contributed by atoms with Crippen molar-refractivity contribution in [2.45, 2.75) is 52.6 Å². The molecule has 0 N–H and O–H groups in total. The Morgan fingerprint density at radius 2 is 1.50 bits per heavy atom. The maximum Gasteiger partial charge on any atom is 0.334 e. The zero-order valence-corrected chi connectivity index (χ0v) is 20.7. The minimum absolute atomic E-state index is 0.284. The van der Waals surface area contributed by atoms with Gasteiger partial charge in [0.15, 0.2) is 6.17 Å². The largest absolute Gasteiger partial charge is 0.339 e. The van der Waals surface area contributed by atoms with Crippen LogP contribution >= 0.6 is 0 Å². The highest BCUT2D eigenvalue weighted by molar-refractivity contribution is 5.57. The van der Waals surface area contributed by atoms with Crippen LogP contribution < -0.4 is 14.0 Å². The quantitative estimate of drug-likeness (QED) is 0.550. The van der Waals surface area contributed by atoms with E-state index in [9.17, 15) is 0 Å². The van der Waals surface area contributed by atoms with Crippen LogP contribution in [0.5, 0.6) is 0 Å². The summed E-state index contributed by atoms with van der Waals surface area (Å²) in [6.07, 6.45) is 8.95. The maximum atomic E-state index is 2.39. The topological polar surface area (TPSA) is 19.2 Å². The number of hydrogen-bond donors (Lipinski definition) is 0. The Kier molecular flexibility index (Phi) is 5.85. The molecule has 0 radical (unpaired) electrons. The second-order valence-electron chi connectivity index (χ2n) is 9.53. The van der Waals surface area contributed by atoms with Crippen molar-refractivity contribution in [1.82, 2.24) is 9.47 Å². The average Bonchev–Trinajstić information content (AvgIpc) is 3.30. The summed E-state index contributed by atoms with van der Waals surface area (Å²) in [4.78, 5) is 4.54. The van der Waals surface area contributed by atoms with Crippen LogP contribution in [-0.4, -0.2) is 22.7 Å². The smallest absolute Gasteiger partial charge is 0.334 e. The monoisotopic (exact) mass is 431 g/mol. The van der Waals surface area contributed by atoms with E-state index in [1.54, 1.807) is 0 Å². The van der Waals surface area contributed by atoms with Gasteiger partial charge in [0.25, 0.3) is 5.82 Å². The van der Waals surface area contributed by atoms with Gasteiger partial charge in [-0.2, -0.15) is 4.57 Å². The van der Waals surface area contributed by atoms with E-state index in [4.69, 9.17) is 0 Å². The molecule has 3 aromatic rings. The molecule has 168 valence electrons. The van der Waals surface area contributed by atoms with Gasteiger partial charge in [0.1, 0.15) is 24.3 Å². The SMILES string of the molecule is CC(C)c1cccc(C(C)C)c1-n1cc[n+](C)c1-c1cccc(N2C=CN(C)[C@@H]2C)[n+]1C. The van der Waals surface area contributed by atoms with Gasteiger partial charge in [-0.1, -0.05) is 45.9 Å². The number of aryl methyl sites for hydroxylation is 1. The maximum absolute atomic E-state index is 2.39. The van der Waals surface area contributed by atoms with Gasteiger partial charge in [-0.05, 0) is 30.9 Å². The number of para-hydroxylation sites is 1. The van der Waals surface area contributed by atoms with Crippen LogP contribution in [0.25, 0.3) is 17.2 Å². The van der Waals surface area contributed by atoms with E-state index < -0.39 is 0 Å². The molecule has 5 nitrogen and oxygen atoms in total. The molecule has 1 aromatic carbocycles. The number of hydrogen-bond acceptors (Lipinski definition) is 2. The molecule has 32 heavy (non-hydrogen) atoms. The predicted octanol–water partition coefficient (Wildman–Crippen LogP) is 4.61. The molecule has 1 aliphatic rings. The van der Waals surface area contributed by atoms with Crippen LogP contribution in [0.4, 0.5) is 5.82 Å². The third-order valence-electron chi connectivity index (χ3n) is 6.74. The Balaban J connectivity index is 1.94. The van der Waals surface area contributed by atoms with Crippen LogP contribution in [0.15, 0.2) is 61.2 Å². The van der Waals surface area contributed by atoms with Gasteiger partial charge in [-0.15, -0.1) is 0 Å². The van der Waals surface area contributed by atoms with Crippen molar-refractivity contribution < 1.29 is 9.13 Å². The first-order chi connectivity index (χ1) is 15.2. The highest BCUT2D eigenvalue weighted by Gasteiger charge is 2.33. The van der Waals surface area contributed by atoms with Gasteiger partial charge in [-0.25, -0.2) is 14.0 Å². The molecule has 0 spiro atoms. The normalized spacial score (nSPS) is 16.1. The van der Waals surface area contributed by atoms with Crippen LogP contribution in [-0.2, 0) is 14.1 Å². The van der Waals surface area contributed by atoms with Crippen molar-refractivity contribution >= 4 is 5.82 Å². The van der Waals surface area contributed by atoms with Crippen molar-refractivity contribution in [3.63, 3.8) is 0 Å². The molecule has 1 atom stereocenters. The van der Waals surface area contributed by atoms with E-state index in [2.05, 4.69) is 140 Å². The minimum Gasteiger partial charge on any atom is -0.339 e. The molecule has 3 heterocycles. The lowest BCUT2D eigenvalue weighted by Gasteiger charge is -2.22. The summed E-state index contributed by atoms with van der Waals surface area (Å²) < 4.78 is 6.92. The van der Waals surface area contributed by atoms with Gasteiger partial charge >= 0.3 is 5.82 Å². The van der Waals surface area contributed by atoms with E-state index >= 15 is 0 Å². The van der Waals surface area contributed by atoms with Gasteiger partial charge in [0, 0.05) is 30.4 Å². The summed E-state index contributed by atoms with van der Waals surface area (Å²) >= 11 is 0. The van der Waals surface area contributed by atoms with Crippen molar-refractivity contribution in [3.05, 3.63) is 72.3 Å². The number of rotatable bonds is 5. The first-order valence-electron chi connectivity index (χ1n) is 11.6. The van der Waals surface area contributed by atoms with Gasteiger partial charge in [-0.3, -0.25) is 0 Å². The molecule has 2 aromatic heterocycles. The van der Waals surface area contributed by atoms with E-state index in [1.807, 2.05) is 0 Å². The third-order valence-corrected chi connectivity index (χ3v) is 6.74. The summed E-state index contributed by atoms with van der Waals surface area (Å²) in [6, 6.07) is 13.3. The summed E-state index contributed by atoms with van der Waals surface area (Å²) in [5.74, 6) is 3.23. The molecule has 0 fully saturated rings. The van der Waals surface area contributed by atoms with Gasteiger partial charge < -0.3 is 4.90 Å². The number of benzene rings is 1. The molecule has 1 aliphatic heterocycles. The molecule has 0 bridgehead atoms. The third kappa shape index (κ3) is 3.60. The number of aromatic nitrogens is 3. The lowest BCUT2D eigenvalue weighted by atomic mass is 9.92. The van der Waals surface area contributed by atoms with Gasteiger partial charge in [0.2, 0.25) is 5.69 Å². The first-order valence-corrected chi connectivity index (χ1v) is 11.6. The van der Waals surface area contributed by atoms with Crippen LogP contribution in [0.2, 0.25) is 0 Å². The fourth-order valence-corrected chi connectivity index (χ4v) is 4.70. The van der Waals surface area contributed by atoms with Crippen molar-refractivity contribution in [2.75, 3.05) is 11.9 Å². The number of nitrogens with zero attached hydrogens (tertiary/aromatic N) is 5. The van der Waals surface area contributed by atoms with Crippen LogP contribution in [0, 0.1) is 0 Å². The minimum atomic E-state index is 0.284. The second-order valence-corrected chi connectivity index (χ2v) is 9.53. The lowest BCUT2D eigenvalue weighted by molar-refractivity contribution is -0.684. The predicted molar refractivity (Wildman–Crippen MR) is 131 cm³/mol. The van der Waals surface area contributed by atoms with E-state index in [0.717, 1.165) is 0 Å². The highest BCUT2D eigenvalue weighted by Crippen LogP contribution is 2.33. The Labute approximate surface area is 192 Å². The van der Waals surface area contributed by atoms with E-state index in [-0.39, 0.29) is 6.17 Å². The van der Waals surface area contributed by atoms with E-state index in [0.29, 0.717) is 11.8 Å². The van der Waals surface area contributed by atoms with Gasteiger partial charge in [0.05, 0.1) is 14.1 Å². The zero-order chi connectivity index (χ0) is 23.2. The average molecular weight is 432 g/mol. The van der Waals surface area contributed by atoms with Crippen molar-refractivity contribution in [3.8, 4) is 17.2 Å². The molecule has 0 amide bonds. The molecule has 5 heteroatoms. The fourth-order valence-electron chi connectivity index (χ4n) is 4.70. The standard InChI is InChI=1S/C27H37N5/c1-19(2)22-11-9-12-23(20(3)4)26(22)32-18-16-29(7)27(32)24-13-10-14-25(30(24)8)31-17-15-28(6)21(31)5/h9-21H,1-8H3/q+2/t21-/m0/s1. The molecule has 0 saturated heterocycles. The molecule has 0 unspecified atom stereocenters. The van der Waals surface area contributed by atoms with E-state index in [1.165, 1.54) is 34.2 Å². The van der Waals surface area contributed by atoms with Crippen molar-refractivity contribution in [1.29, 1.82) is 0 Å². The summed E-state index contributed by atoms with van der Waals surface area (Å²) in [5.41, 5.74) is 5.25. The Hall–Kier alpha value is -3.08. The number of anilines is 1. The van der Waals surface area contributed by atoms with Crippen LogP contribution in [0.1, 0.15) is 57.6 Å². The molecule has 0 saturated carbocycles. The number of pyridine rings is 1. The first kappa shape index (κ1) is 22.1. The second kappa shape index (κ2) is 8.45.